The number of benzene rings is 1. The van der Waals surface area contributed by atoms with Gasteiger partial charge in [-0.1, -0.05) is 0 Å². The molecule has 158 valence electrons. The lowest BCUT2D eigenvalue weighted by atomic mass is 10.1. The highest BCUT2D eigenvalue weighted by Gasteiger charge is 2.35. The van der Waals surface area contributed by atoms with E-state index in [-0.39, 0.29) is 22.0 Å². The highest BCUT2D eigenvalue weighted by Crippen LogP contribution is 2.25. The van der Waals surface area contributed by atoms with E-state index >= 15 is 0 Å². The molecule has 0 saturated carbocycles. The van der Waals surface area contributed by atoms with Gasteiger partial charge in [0.15, 0.2) is 0 Å². The van der Waals surface area contributed by atoms with Crippen molar-refractivity contribution >= 4 is 21.9 Å². The summed E-state index contributed by atoms with van der Waals surface area (Å²) in [5.41, 5.74) is 0.518. The predicted molar refractivity (Wildman–Crippen MR) is 95.4 cm³/mol. The van der Waals surface area contributed by atoms with Gasteiger partial charge < -0.3 is 9.64 Å². The first kappa shape index (κ1) is 23.9. The Kier molecular flexibility index (Phi) is 7.60. The summed E-state index contributed by atoms with van der Waals surface area (Å²) < 4.78 is 69.2. The van der Waals surface area contributed by atoms with E-state index in [2.05, 4.69) is 4.74 Å². The van der Waals surface area contributed by atoms with Gasteiger partial charge in [0, 0.05) is 19.7 Å². The molecular weight excluding hydrogens is 401 g/mol. The number of aryl methyl sites for hydroxylation is 1. The zero-order valence-corrected chi connectivity index (χ0v) is 17.1. The first-order chi connectivity index (χ1) is 12.7. The Morgan fingerprint density at radius 1 is 1.14 bits per heavy atom. The molecule has 0 aromatic heterocycles. The number of carbonyl (C=O) groups excluding carboxylic acids is 2. The van der Waals surface area contributed by atoms with E-state index in [0.29, 0.717) is 11.1 Å². The molecule has 0 radical (unpaired) electrons. The minimum Gasteiger partial charge on any atom is -0.465 e. The third-order valence-electron chi connectivity index (χ3n) is 3.91. The number of halogens is 3. The van der Waals surface area contributed by atoms with Crippen molar-refractivity contribution in [3.05, 3.63) is 28.8 Å². The third-order valence-corrected chi connectivity index (χ3v) is 5.85. The summed E-state index contributed by atoms with van der Waals surface area (Å²) in [5, 5.41) is 0. The molecule has 11 heteroatoms. The number of hydrogen-bond donors (Lipinski definition) is 0. The molecule has 0 aliphatic carbocycles. The number of hydrogen-bond acceptors (Lipinski definition) is 5. The number of esters is 1. The summed E-state index contributed by atoms with van der Waals surface area (Å²) >= 11 is 0. The van der Waals surface area contributed by atoms with Gasteiger partial charge in [0.2, 0.25) is 10.0 Å². The van der Waals surface area contributed by atoms with Crippen molar-refractivity contribution in [2.75, 3.05) is 33.8 Å². The summed E-state index contributed by atoms with van der Waals surface area (Å²) in [5.74, 6) is -2.12. The van der Waals surface area contributed by atoms with Gasteiger partial charge in [-0.25, -0.2) is 12.7 Å². The lowest BCUT2D eigenvalue weighted by Crippen LogP contribution is -2.42. The Bertz CT molecular complexity index is 851. The fourth-order valence-corrected chi connectivity index (χ4v) is 3.59. The molecule has 28 heavy (non-hydrogen) atoms. The summed E-state index contributed by atoms with van der Waals surface area (Å²) in [6.45, 7) is 1.92. The number of alkyl halides is 3. The second kappa shape index (κ2) is 8.91. The molecule has 0 fully saturated rings. The van der Waals surface area contributed by atoms with Crippen LogP contribution in [-0.2, 0) is 19.6 Å². The van der Waals surface area contributed by atoms with Crippen LogP contribution in [0.15, 0.2) is 17.0 Å². The maximum atomic E-state index is 12.9. The lowest BCUT2D eigenvalue weighted by molar-refractivity contribution is -0.153. The Balaban J connectivity index is 3.43. The van der Waals surface area contributed by atoms with Gasteiger partial charge in [0.25, 0.3) is 5.91 Å². The van der Waals surface area contributed by atoms with E-state index in [1.54, 1.807) is 6.92 Å². The van der Waals surface area contributed by atoms with Crippen LogP contribution in [0.4, 0.5) is 13.2 Å². The average Bonchev–Trinajstić information content (AvgIpc) is 2.54. The number of carbonyl (C=O) groups is 2. The Labute approximate surface area is 162 Å². The van der Waals surface area contributed by atoms with Crippen LogP contribution in [-0.4, -0.2) is 69.5 Å². The molecule has 1 rings (SSSR count). The molecule has 0 N–H and O–H groups in total. The molecule has 7 nitrogen and oxygen atoms in total. The topological polar surface area (TPSA) is 84.0 Å². The summed E-state index contributed by atoms with van der Waals surface area (Å²) in [7, 11) is -1.33. The molecule has 0 saturated heterocycles. The second-order valence-corrected chi connectivity index (χ2v) is 8.41. The normalized spacial score (nSPS) is 12.2. The fourth-order valence-electron chi connectivity index (χ4n) is 2.38. The molecule has 1 aromatic rings. The van der Waals surface area contributed by atoms with Crippen LogP contribution in [0.3, 0.4) is 0 Å². The van der Waals surface area contributed by atoms with Gasteiger partial charge in [-0.05, 0) is 44.0 Å². The van der Waals surface area contributed by atoms with Gasteiger partial charge >= 0.3 is 12.1 Å². The molecule has 0 spiro atoms. The van der Waals surface area contributed by atoms with Gasteiger partial charge in [-0.3, -0.25) is 9.59 Å². The van der Waals surface area contributed by atoms with E-state index in [1.807, 2.05) is 0 Å². The maximum absolute atomic E-state index is 12.9. The van der Waals surface area contributed by atoms with E-state index in [0.717, 1.165) is 10.4 Å². The van der Waals surface area contributed by atoms with Crippen LogP contribution in [0.5, 0.6) is 0 Å². The second-order valence-electron chi connectivity index (χ2n) is 6.29. The smallest absolute Gasteiger partial charge is 0.406 e. The Hall–Kier alpha value is -2.14. The first-order valence-corrected chi connectivity index (χ1v) is 9.70. The number of amides is 1. The van der Waals surface area contributed by atoms with Gasteiger partial charge in [0.1, 0.15) is 13.1 Å². The number of nitrogens with zero attached hydrogens (tertiary/aromatic N) is 2. The molecule has 0 aliphatic rings. The third kappa shape index (κ3) is 5.93. The van der Waals surface area contributed by atoms with E-state index < -0.39 is 41.2 Å². The quantitative estimate of drug-likeness (QED) is 0.626. The van der Waals surface area contributed by atoms with Crippen LogP contribution >= 0.6 is 0 Å². The molecular formula is C17H23F3N2O5S. The molecule has 0 unspecified atom stereocenters. The van der Waals surface area contributed by atoms with Crippen LogP contribution in [0.2, 0.25) is 0 Å². The van der Waals surface area contributed by atoms with Crippen molar-refractivity contribution in [2.45, 2.75) is 31.8 Å². The van der Waals surface area contributed by atoms with Crippen molar-refractivity contribution in [1.82, 2.24) is 9.21 Å². The van der Waals surface area contributed by atoms with Crippen molar-refractivity contribution in [1.29, 1.82) is 0 Å². The lowest BCUT2D eigenvalue weighted by Gasteiger charge is -2.24. The van der Waals surface area contributed by atoms with Gasteiger partial charge in [0.05, 0.1) is 11.5 Å². The van der Waals surface area contributed by atoms with Gasteiger partial charge in [-0.2, -0.15) is 13.2 Å². The molecule has 0 heterocycles. The van der Waals surface area contributed by atoms with E-state index in [4.69, 9.17) is 0 Å². The highest BCUT2D eigenvalue weighted by atomic mass is 32.2. The van der Waals surface area contributed by atoms with E-state index in [9.17, 15) is 31.2 Å². The SMILES string of the molecule is CCOC(=O)CN(CC(F)(F)F)C(=O)c1cc(C)c(C)c(S(=O)(=O)N(C)C)c1. The molecule has 0 bridgehead atoms. The number of sulfonamides is 1. The monoisotopic (exact) mass is 424 g/mol. The fraction of sp³-hybridized carbons (Fsp3) is 0.529. The van der Waals surface area contributed by atoms with Crippen molar-refractivity contribution in [3.8, 4) is 0 Å². The number of ether oxygens (including phenoxy) is 1. The van der Waals surface area contributed by atoms with Crippen LogP contribution < -0.4 is 0 Å². The number of rotatable bonds is 7. The average molecular weight is 424 g/mol. The first-order valence-electron chi connectivity index (χ1n) is 8.26. The van der Waals surface area contributed by atoms with Crippen molar-refractivity contribution < 1.29 is 35.9 Å². The minimum atomic E-state index is -4.75. The summed E-state index contributed by atoms with van der Waals surface area (Å²) in [4.78, 5) is 24.4. The van der Waals surface area contributed by atoms with Crippen LogP contribution in [0, 0.1) is 13.8 Å². The zero-order chi connectivity index (χ0) is 21.9. The van der Waals surface area contributed by atoms with E-state index in [1.165, 1.54) is 34.0 Å². The van der Waals surface area contributed by atoms with Crippen LogP contribution in [0.25, 0.3) is 0 Å². The predicted octanol–water partition coefficient (Wildman–Crippen LogP) is 2.12. The molecule has 1 aromatic carbocycles. The van der Waals surface area contributed by atoms with Crippen molar-refractivity contribution in [3.63, 3.8) is 0 Å². The zero-order valence-electron chi connectivity index (χ0n) is 16.3. The molecule has 0 atom stereocenters. The maximum Gasteiger partial charge on any atom is 0.406 e. The largest absolute Gasteiger partial charge is 0.465 e. The summed E-state index contributed by atoms with van der Waals surface area (Å²) in [6, 6.07) is 2.31. The minimum absolute atomic E-state index is 0.0538. The summed E-state index contributed by atoms with van der Waals surface area (Å²) in [6.07, 6.45) is -4.75. The highest BCUT2D eigenvalue weighted by molar-refractivity contribution is 7.89. The molecule has 0 aliphatic heterocycles. The van der Waals surface area contributed by atoms with Crippen LogP contribution in [0.1, 0.15) is 28.4 Å². The van der Waals surface area contributed by atoms with Gasteiger partial charge in [-0.15, -0.1) is 0 Å². The standard InChI is InChI=1S/C17H23F3N2O5S/c1-6-27-15(23)9-22(10-17(18,19)20)16(24)13-7-11(2)12(3)14(8-13)28(25,26)21(4)5/h7-8H,6,9-10H2,1-5H3. The Morgan fingerprint density at radius 2 is 1.71 bits per heavy atom. The van der Waals surface area contributed by atoms with Crippen molar-refractivity contribution in [2.24, 2.45) is 0 Å². The molecule has 1 amide bonds. The Morgan fingerprint density at radius 3 is 2.18 bits per heavy atom.